The Morgan fingerprint density at radius 1 is 1.64 bits per heavy atom. The fraction of sp³-hybridized carbons (Fsp3) is 0.900. The molecule has 1 saturated heterocycles. The smallest absolute Gasteiger partial charge is 0.236 e. The number of nitrogens with one attached hydrogen (secondary N) is 1. The average Bonchev–Trinajstić information content (AvgIpc) is 2.18. The molecular weight excluding hydrogens is 180 g/mol. The summed E-state index contributed by atoms with van der Waals surface area (Å²) in [5.41, 5.74) is 0. The number of carbonyl (C=O) groups is 1. The number of morpholine rings is 1. The van der Waals surface area contributed by atoms with Gasteiger partial charge in [-0.25, -0.2) is 0 Å². The van der Waals surface area contributed by atoms with Gasteiger partial charge in [0, 0.05) is 6.54 Å². The summed E-state index contributed by atoms with van der Waals surface area (Å²) in [6, 6.07) is 0.222. The Balaban J connectivity index is 2.27. The molecule has 0 radical (unpaired) electrons. The van der Waals surface area contributed by atoms with E-state index in [4.69, 9.17) is 4.74 Å². The second-order valence-electron chi connectivity index (χ2n) is 3.69. The van der Waals surface area contributed by atoms with Crippen LogP contribution >= 0.6 is 0 Å². The molecule has 1 amide bonds. The number of rotatable bonds is 4. The van der Waals surface area contributed by atoms with Crippen molar-refractivity contribution in [2.24, 2.45) is 0 Å². The fourth-order valence-corrected chi connectivity index (χ4v) is 1.57. The minimum absolute atomic E-state index is 0.189. The summed E-state index contributed by atoms with van der Waals surface area (Å²) in [5, 5.41) is 3.12. The third-order valence-corrected chi connectivity index (χ3v) is 2.39. The molecule has 0 aromatic rings. The normalized spacial score (nSPS) is 22.4. The Labute approximate surface area is 85.6 Å². The second-order valence-corrected chi connectivity index (χ2v) is 3.69. The zero-order valence-corrected chi connectivity index (χ0v) is 9.08. The van der Waals surface area contributed by atoms with Gasteiger partial charge >= 0.3 is 0 Å². The van der Waals surface area contributed by atoms with Gasteiger partial charge in [0.05, 0.1) is 25.8 Å². The highest BCUT2D eigenvalue weighted by Gasteiger charge is 2.22. The third kappa shape index (κ3) is 3.27. The van der Waals surface area contributed by atoms with Crippen LogP contribution in [0.25, 0.3) is 0 Å². The van der Waals surface area contributed by atoms with E-state index >= 15 is 0 Å². The first kappa shape index (κ1) is 11.5. The summed E-state index contributed by atoms with van der Waals surface area (Å²) in [6.45, 7) is 7.55. The van der Waals surface area contributed by atoms with Gasteiger partial charge in [0.2, 0.25) is 5.91 Å². The van der Waals surface area contributed by atoms with Crippen LogP contribution < -0.4 is 5.32 Å². The molecule has 14 heavy (non-hydrogen) atoms. The van der Waals surface area contributed by atoms with E-state index in [2.05, 4.69) is 12.2 Å². The van der Waals surface area contributed by atoms with Gasteiger partial charge in [-0.3, -0.25) is 4.79 Å². The second kappa shape index (κ2) is 5.98. The van der Waals surface area contributed by atoms with Gasteiger partial charge < -0.3 is 15.0 Å². The maximum Gasteiger partial charge on any atom is 0.236 e. The molecule has 0 unspecified atom stereocenters. The van der Waals surface area contributed by atoms with Crippen molar-refractivity contribution in [1.29, 1.82) is 0 Å². The van der Waals surface area contributed by atoms with Crippen molar-refractivity contribution in [3.05, 3.63) is 0 Å². The van der Waals surface area contributed by atoms with Gasteiger partial charge in [-0.2, -0.15) is 0 Å². The SMILES string of the molecule is CCCNCC(=O)N1CCOC[C@H]1C. The van der Waals surface area contributed by atoms with E-state index in [1.54, 1.807) is 0 Å². The summed E-state index contributed by atoms with van der Waals surface area (Å²) in [4.78, 5) is 13.6. The molecule has 1 fully saturated rings. The molecule has 4 nitrogen and oxygen atoms in total. The minimum atomic E-state index is 0.189. The maximum absolute atomic E-state index is 11.7. The monoisotopic (exact) mass is 200 g/mol. The Kier molecular flexibility index (Phi) is 4.90. The van der Waals surface area contributed by atoms with Gasteiger partial charge in [0.15, 0.2) is 0 Å². The molecule has 0 saturated carbocycles. The topological polar surface area (TPSA) is 41.6 Å². The zero-order valence-electron chi connectivity index (χ0n) is 9.08. The van der Waals surface area contributed by atoms with Crippen molar-refractivity contribution in [1.82, 2.24) is 10.2 Å². The maximum atomic E-state index is 11.7. The van der Waals surface area contributed by atoms with Crippen LogP contribution in [0.1, 0.15) is 20.3 Å². The number of amides is 1. The number of ether oxygens (including phenoxy) is 1. The van der Waals surface area contributed by atoms with Crippen molar-refractivity contribution in [3.8, 4) is 0 Å². The molecule has 4 heteroatoms. The summed E-state index contributed by atoms with van der Waals surface area (Å²) in [7, 11) is 0. The lowest BCUT2D eigenvalue weighted by Crippen LogP contribution is -2.50. The number of carbonyl (C=O) groups excluding carboxylic acids is 1. The number of hydrogen-bond acceptors (Lipinski definition) is 3. The molecule has 0 aromatic heterocycles. The molecule has 1 N–H and O–H groups in total. The van der Waals surface area contributed by atoms with Crippen molar-refractivity contribution in [3.63, 3.8) is 0 Å². The van der Waals surface area contributed by atoms with E-state index < -0.39 is 0 Å². The first-order valence-electron chi connectivity index (χ1n) is 5.33. The third-order valence-electron chi connectivity index (χ3n) is 2.39. The molecular formula is C10H20N2O2. The largest absolute Gasteiger partial charge is 0.377 e. The Hall–Kier alpha value is -0.610. The van der Waals surface area contributed by atoms with Crippen molar-refractivity contribution in [2.75, 3.05) is 32.8 Å². The number of nitrogens with zero attached hydrogens (tertiary/aromatic N) is 1. The van der Waals surface area contributed by atoms with Crippen LogP contribution in [0.4, 0.5) is 0 Å². The molecule has 1 aliphatic heterocycles. The van der Waals surface area contributed by atoms with Crippen molar-refractivity contribution < 1.29 is 9.53 Å². The Morgan fingerprint density at radius 2 is 2.43 bits per heavy atom. The van der Waals surface area contributed by atoms with Gasteiger partial charge in [0.1, 0.15) is 0 Å². The molecule has 1 atom stereocenters. The van der Waals surface area contributed by atoms with E-state index in [-0.39, 0.29) is 11.9 Å². The minimum Gasteiger partial charge on any atom is -0.377 e. The molecule has 1 rings (SSSR count). The van der Waals surface area contributed by atoms with Crippen LogP contribution in [-0.2, 0) is 9.53 Å². The molecule has 0 bridgehead atoms. The van der Waals surface area contributed by atoms with Gasteiger partial charge in [-0.15, -0.1) is 0 Å². The summed E-state index contributed by atoms with van der Waals surface area (Å²) in [5.74, 6) is 0.189. The predicted molar refractivity (Wildman–Crippen MR) is 55.2 cm³/mol. The van der Waals surface area contributed by atoms with Gasteiger partial charge in [-0.05, 0) is 19.9 Å². The van der Waals surface area contributed by atoms with Gasteiger partial charge in [0.25, 0.3) is 0 Å². The highest BCUT2D eigenvalue weighted by atomic mass is 16.5. The highest BCUT2D eigenvalue weighted by molar-refractivity contribution is 5.78. The molecule has 82 valence electrons. The summed E-state index contributed by atoms with van der Waals surface area (Å²) >= 11 is 0. The first-order valence-corrected chi connectivity index (χ1v) is 5.33. The van der Waals surface area contributed by atoms with E-state index in [1.807, 2.05) is 11.8 Å². The summed E-state index contributed by atoms with van der Waals surface area (Å²) in [6.07, 6.45) is 1.06. The molecule has 0 aromatic carbocycles. The Bertz CT molecular complexity index is 185. The van der Waals surface area contributed by atoms with E-state index in [0.717, 1.165) is 19.5 Å². The van der Waals surface area contributed by atoms with Gasteiger partial charge in [-0.1, -0.05) is 6.92 Å². The molecule has 1 aliphatic rings. The van der Waals surface area contributed by atoms with Crippen molar-refractivity contribution in [2.45, 2.75) is 26.3 Å². The van der Waals surface area contributed by atoms with Crippen LogP contribution in [-0.4, -0.2) is 49.7 Å². The number of hydrogen-bond donors (Lipinski definition) is 1. The molecule has 0 aliphatic carbocycles. The van der Waals surface area contributed by atoms with E-state index in [1.165, 1.54) is 0 Å². The van der Waals surface area contributed by atoms with E-state index in [0.29, 0.717) is 19.8 Å². The predicted octanol–water partition coefficient (Wildman–Crippen LogP) is 0.233. The average molecular weight is 200 g/mol. The Morgan fingerprint density at radius 3 is 3.07 bits per heavy atom. The van der Waals surface area contributed by atoms with Crippen LogP contribution in [0.3, 0.4) is 0 Å². The molecule has 1 heterocycles. The first-order chi connectivity index (χ1) is 6.75. The lowest BCUT2D eigenvalue weighted by molar-refractivity contribution is -0.138. The standard InChI is InChI=1S/C10H20N2O2/c1-3-4-11-7-10(13)12-5-6-14-8-9(12)2/h9,11H,3-8H2,1-2H3/t9-/m1/s1. The van der Waals surface area contributed by atoms with Crippen LogP contribution in [0.2, 0.25) is 0 Å². The fourth-order valence-electron chi connectivity index (χ4n) is 1.57. The lowest BCUT2D eigenvalue weighted by Gasteiger charge is -2.33. The highest BCUT2D eigenvalue weighted by Crippen LogP contribution is 2.05. The zero-order chi connectivity index (χ0) is 10.4. The van der Waals surface area contributed by atoms with Crippen LogP contribution in [0.15, 0.2) is 0 Å². The van der Waals surface area contributed by atoms with Crippen LogP contribution in [0, 0.1) is 0 Å². The quantitative estimate of drug-likeness (QED) is 0.661. The summed E-state index contributed by atoms with van der Waals surface area (Å²) < 4.78 is 5.27. The van der Waals surface area contributed by atoms with Crippen molar-refractivity contribution >= 4 is 5.91 Å². The van der Waals surface area contributed by atoms with Crippen LogP contribution in [0.5, 0.6) is 0 Å². The van der Waals surface area contributed by atoms with E-state index in [9.17, 15) is 4.79 Å². The lowest BCUT2D eigenvalue weighted by atomic mass is 10.2. The molecule has 0 spiro atoms.